The van der Waals surface area contributed by atoms with Gasteiger partial charge in [0, 0.05) is 35.4 Å². The second-order valence-corrected chi connectivity index (χ2v) is 4.69. The van der Waals surface area contributed by atoms with Crippen LogP contribution in [0.4, 0.5) is 5.69 Å². The van der Waals surface area contributed by atoms with Crippen LogP contribution < -0.4 is 4.90 Å². The van der Waals surface area contributed by atoms with Crippen molar-refractivity contribution in [3.8, 4) is 0 Å². The van der Waals surface area contributed by atoms with Crippen LogP contribution in [0.25, 0.3) is 10.9 Å². The zero-order valence-corrected chi connectivity index (χ0v) is 8.66. The Hall–Kier alpha value is -1.44. The van der Waals surface area contributed by atoms with E-state index in [0.29, 0.717) is 0 Å². The highest BCUT2D eigenvalue weighted by atomic mass is 15.2. The molecule has 0 unspecified atom stereocenters. The molecule has 1 aromatic carbocycles. The molecule has 1 aromatic heterocycles. The van der Waals surface area contributed by atoms with Crippen LogP contribution in [0.15, 0.2) is 24.4 Å². The van der Waals surface area contributed by atoms with Crippen molar-refractivity contribution < 1.29 is 0 Å². The van der Waals surface area contributed by atoms with Crippen LogP contribution in [0.5, 0.6) is 0 Å². The number of hydrogen-bond donors (Lipinski definition) is 1. The molecule has 0 atom stereocenters. The van der Waals surface area contributed by atoms with Crippen molar-refractivity contribution in [2.75, 3.05) is 11.4 Å². The van der Waals surface area contributed by atoms with E-state index < -0.39 is 0 Å². The number of aromatic amines is 1. The van der Waals surface area contributed by atoms with Crippen LogP contribution in [0, 0.1) is 0 Å². The van der Waals surface area contributed by atoms with Gasteiger partial charge < -0.3 is 9.88 Å². The number of nitrogens with one attached hydrogen (secondary N) is 1. The van der Waals surface area contributed by atoms with Crippen molar-refractivity contribution >= 4 is 16.6 Å². The number of rotatable bonds is 1. The van der Waals surface area contributed by atoms with E-state index in [-0.39, 0.29) is 0 Å². The van der Waals surface area contributed by atoms with Gasteiger partial charge in [-0.25, -0.2) is 0 Å². The lowest BCUT2D eigenvalue weighted by Gasteiger charge is -2.19. The zero-order valence-electron chi connectivity index (χ0n) is 8.66. The van der Waals surface area contributed by atoms with Crippen molar-refractivity contribution in [1.82, 2.24) is 4.98 Å². The Morgan fingerprint density at radius 3 is 3.00 bits per heavy atom. The molecule has 2 heteroatoms. The molecule has 2 aromatic rings. The van der Waals surface area contributed by atoms with Crippen LogP contribution >= 0.6 is 0 Å². The third-order valence-corrected chi connectivity index (χ3v) is 3.69. The van der Waals surface area contributed by atoms with Gasteiger partial charge in [0.25, 0.3) is 0 Å². The summed E-state index contributed by atoms with van der Waals surface area (Å²) in [6.07, 6.45) is 6.06. The second-order valence-electron chi connectivity index (χ2n) is 4.69. The third kappa shape index (κ3) is 0.993. The molecule has 2 nitrogen and oxygen atoms in total. The largest absolute Gasteiger partial charge is 0.367 e. The molecule has 76 valence electrons. The minimum Gasteiger partial charge on any atom is -0.367 e. The molecular weight excluding hydrogens is 184 g/mol. The van der Waals surface area contributed by atoms with E-state index in [1.807, 2.05) is 6.20 Å². The van der Waals surface area contributed by atoms with E-state index in [4.69, 9.17) is 0 Å². The van der Waals surface area contributed by atoms with E-state index in [9.17, 15) is 0 Å². The molecule has 1 fully saturated rings. The molecule has 0 amide bonds. The standard InChI is InChI=1S/C13H14N2/c1-4-12-11(5-7-14-12)13-9(1)6-8-15(13)10-2-3-10/h1,4-5,7,10,14H,2-3,6,8H2. The Bertz CT molecular complexity index is 522. The molecule has 2 aliphatic rings. The van der Waals surface area contributed by atoms with Gasteiger partial charge in [0.15, 0.2) is 0 Å². The smallest absolute Gasteiger partial charge is 0.0497 e. The first-order chi connectivity index (χ1) is 7.43. The quantitative estimate of drug-likeness (QED) is 0.746. The van der Waals surface area contributed by atoms with E-state index in [1.165, 1.54) is 48.0 Å². The Labute approximate surface area is 88.9 Å². The molecule has 1 aliphatic carbocycles. The lowest BCUT2D eigenvalue weighted by Crippen LogP contribution is -2.22. The van der Waals surface area contributed by atoms with Gasteiger partial charge in [-0.15, -0.1) is 0 Å². The minimum absolute atomic E-state index is 0.840. The summed E-state index contributed by atoms with van der Waals surface area (Å²) in [5.41, 5.74) is 4.33. The summed E-state index contributed by atoms with van der Waals surface area (Å²) in [6.45, 7) is 1.23. The number of fused-ring (bicyclic) bond motifs is 3. The lowest BCUT2D eigenvalue weighted by atomic mass is 10.1. The molecule has 0 radical (unpaired) electrons. The fraction of sp³-hybridized carbons (Fsp3) is 0.385. The van der Waals surface area contributed by atoms with Gasteiger partial charge >= 0.3 is 0 Å². The maximum absolute atomic E-state index is 3.30. The summed E-state index contributed by atoms with van der Waals surface area (Å²) in [5, 5.41) is 1.41. The molecule has 0 spiro atoms. The van der Waals surface area contributed by atoms with E-state index in [1.54, 1.807) is 0 Å². The van der Waals surface area contributed by atoms with Crippen LogP contribution in [0.3, 0.4) is 0 Å². The highest BCUT2D eigenvalue weighted by Gasteiger charge is 2.34. The number of H-pyrrole nitrogens is 1. The third-order valence-electron chi connectivity index (χ3n) is 3.69. The highest BCUT2D eigenvalue weighted by molar-refractivity contribution is 5.95. The van der Waals surface area contributed by atoms with Gasteiger partial charge in [-0.2, -0.15) is 0 Å². The van der Waals surface area contributed by atoms with Crippen LogP contribution in [0.2, 0.25) is 0 Å². The summed E-state index contributed by atoms with van der Waals surface area (Å²) in [6, 6.07) is 7.56. The minimum atomic E-state index is 0.840. The SMILES string of the molecule is c1cc2c3c(ccc2[nH]1)CCN3C1CC1. The van der Waals surface area contributed by atoms with Crippen molar-refractivity contribution in [2.45, 2.75) is 25.3 Å². The van der Waals surface area contributed by atoms with Gasteiger partial charge in [0.1, 0.15) is 0 Å². The lowest BCUT2D eigenvalue weighted by molar-refractivity contribution is 0.833. The Morgan fingerprint density at radius 2 is 2.13 bits per heavy atom. The average molecular weight is 198 g/mol. The zero-order chi connectivity index (χ0) is 9.83. The molecule has 0 saturated heterocycles. The fourth-order valence-corrected chi connectivity index (χ4v) is 2.81. The average Bonchev–Trinajstić information content (AvgIpc) is 2.84. The number of hydrogen-bond acceptors (Lipinski definition) is 1. The first-order valence-corrected chi connectivity index (χ1v) is 5.79. The first-order valence-electron chi connectivity index (χ1n) is 5.79. The summed E-state index contributed by atoms with van der Waals surface area (Å²) in [7, 11) is 0. The summed E-state index contributed by atoms with van der Waals surface area (Å²) in [4.78, 5) is 5.92. The predicted octanol–water partition coefficient (Wildman–Crippen LogP) is 2.69. The van der Waals surface area contributed by atoms with Gasteiger partial charge in [-0.1, -0.05) is 6.07 Å². The molecule has 1 N–H and O–H groups in total. The Kier molecular flexibility index (Phi) is 1.34. The van der Waals surface area contributed by atoms with E-state index >= 15 is 0 Å². The van der Waals surface area contributed by atoms with Crippen LogP contribution in [-0.2, 0) is 6.42 Å². The van der Waals surface area contributed by atoms with Crippen LogP contribution in [0.1, 0.15) is 18.4 Å². The van der Waals surface area contributed by atoms with E-state index in [2.05, 4.69) is 28.1 Å². The Balaban J connectivity index is 2.00. The van der Waals surface area contributed by atoms with Gasteiger partial charge in [-0.3, -0.25) is 0 Å². The number of nitrogens with zero attached hydrogens (tertiary/aromatic N) is 1. The van der Waals surface area contributed by atoms with Gasteiger partial charge in [-0.05, 0) is 37.0 Å². The van der Waals surface area contributed by atoms with Crippen molar-refractivity contribution in [2.24, 2.45) is 0 Å². The van der Waals surface area contributed by atoms with Crippen LogP contribution in [-0.4, -0.2) is 17.6 Å². The molecule has 4 rings (SSSR count). The first kappa shape index (κ1) is 7.80. The highest BCUT2D eigenvalue weighted by Crippen LogP contribution is 2.41. The maximum atomic E-state index is 3.30. The van der Waals surface area contributed by atoms with Crippen molar-refractivity contribution in [3.05, 3.63) is 30.0 Å². The molecule has 1 saturated carbocycles. The summed E-state index contributed by atoms with van der Waals surface area (Å²) < 4.78 is 0. The number of benzene rings is 1. The molecule has 0 bridgehead atoms. The monoisotopic (exact) mass is 198 g/mol. The van der Waals surface area contributed by atoms with Crippen molar-refractivity contribution in [1.29, 1.82) is 0 Å². The number of anilines is 1. The Morgan fingerprint density at radius 1 is 1.20 bits per heavy atom. The maximum Gasteiger partial charge on any atom is 0.0497 e. The topological polar surface area (TPSA) is 19.0 Å². The molecule has 15 heavy (non-hydrogen) atoms. The van der Waals surface area contributed by atoms with Gasteiger partial charge in [0.05, 0.1) is 0 Å². The normalized spacial score (nSPS) is 19.9. The fourth-order valence-electron chi connectivity index (χ4n) is 2.81. The summed E-state index contributed by atoms with van der Waals surface area (Å²) in [5.74, 6) is 0. The predicted molar refractivity (Wildman–Crippen MR) is 62.4 cm³/mol. The molecule has 1 aliphatic heterocycles. The van der Waals surface area contributed by atoms with E-state index in [0.717, 1.165) is 6.04 Å². The van der Waals surface area contributed by atoms with Crippen molar-refractivity contribution in [3.63, 3.8) is 0 Å². The number of aromatic nitrogens is 1. The second kappa shape index (κ2) is 2.57. The molecular formula is C13H14N2. The van der Waals surface area contributed by atoms with Gasteiger partial charge in [0.2, 0.25) is 0 Å². The molecule has 2 heterocycles. The summed E-state index contributed by atoms with van der Waals surface area (Å²) >= 11 is 0.